The predicted molar refractivity (Wildman–Crippen MR) is 76.6 cm³/mol. The van der Waals surface area contributed by atoms with Gasteiger partial charge in [-0.1, -0.05) is 15.9 Å². The molecule has 0 spiro atoms. The highest BCUT2D eigenvalue weighted by molar-refractivity contribution is 9.10. The van der Waals surface area contributed by atoms with E-state index < -0.39 is 11.7 Å². The zero-order chi connectivity index (χ0) is 15.3. The van der Waals surface area contributed by atoms with Crippen molar-refractivity contribution in [3.05, 3.63) is 58.6 Å². The number of rotatable bonds is 5. The summed E-state index contributed by atoms with van der Waals surface area (Å²) >= 11 is 3.32. The molecule has 0 aliphatic rings. The van der Waals surface area contributed by atoms with Crippen LogP contribution in [0.3, 0.4) is 0 Å². The first kappa shape index (κ1) is 15.7. The summed E-state index contributed by atoms with van der Waals surface area (Å²) in [5.74, 6) is 1.08. The normalized spacial score (nSPS) is 11.2. The first-order valence-corrected chi connectivity index (χ1v) is 6.93. The van der Waals surface area contributed by atoms with Crippen LogP contribution in [0.5, 0.6) is 11.5 Å². The molecule has 0 atom stereocenters. The van der Waals surface area contributed by atoms with E-state index in [0.717, 1.165) is 16.6 Å². The number of halogens is 4. The van der Waals surface area contributed by atoms with Crippen LogP contribution in [0.15, 0.2) is 53.0 Å². The fraction of sp³-hybridized carbons (Fsp3) is 0.200. The number of benzene rings is 2. The second kappa shape index (κ2) is 6.85. The summed E-state index contributed by atoms with van der Waals surface area (Å²) in [4.78, 5) is 0. The van der Waals surface area contributed by atoms with Crippen molar-refractivity contribution in [2.75, 3.05) is 13.2 Å². The lowest BCUT2D eigenvalue weighted by Gasteiger charge is -2.10. The fourth-order valence-corrected chi connectivity index (χ4v) is 1.85. The highest BCUT2D eigenvalue weighted by Gasteiger charge is 2.29. The van der Waals surface area contributed by atoms with Gasteiger partial charge >= 0.3 is 6.18 Å². The molecule has 2 nitrogen and oxygen atoms in total. The number of hydrogen-bond donors (Lipinski definition) is 0. The molecule has 0 heterocycles. The monoisotopic (exact) mass is 360 g/mol. The zero-order valence-electron chi connectivity index (χ0n) is 10.9. The maximum atomic E-state index is 12.4. The molecule has 0 aliphatic heterocycles. The van der Waals surface area contributed by atoms with E-state index >= 15 is 0 Å². The highest BCUT2D eigenvalue weighted by atomic mass is 79.9. The molecule has 0 unspecified atom stereocenters. The van der Waals surface area contributed by atoms with E-state index in [1.807, 2.05) is 24.3 Å². The topological polar surface area (TPSA) is 18.5 Å². The van der Waals surface area contributed by atoms with Gasteiger partial charge in [-0.05, 0) is 48.5 Å². The number of ether oxygens (including phenoxy) is 2. The van der Waals surface area contributed by atoms with Gasteiger partial charge < -0.3 is 9.47 Å². The Morgan fingerprint density at radius 2 is 1.19 bits per heavy atom. The summed E-state index contributed by atoms with van der Waals surface area (Å²) in [6.07, 6.45) is -4.33. The van der Waals surface area contributed by atoms with Crippen molar-refractivity contribution in [3.63, 3.8) is 0 Å². The van der Waals surface area contributed by atoms with Crippen molar-refractivity contribution in [2.24, 2.45) is 0 Å². The Morgan fingerprint density at radius 1 is 0.762 bits per heavy atom. The van der Waals surface area contributed by atoms with E-state index in [0.29, 0.717) is 18.1 Å². The predicted octanol–water partition coefficient (Wildman–Crippen LogP) is 4.93. The van der Waals surface area contributed by atoms with Crippen LogP contribution in [0.4, 0.5) is 13.2 Å². The minimum absolute atomic E-state index is 0.251. The van der Waals surface area contributed by atoms with E-state index in [9.17, 15) is 13.2 Å². The second-order valence-corrected chi connectivity index (χ2v) is 5.09. The molecule has 112 valence electrons. The van der Waals surface area contributed by atoms with Crippen molar-refractivity contribution in [1.82, 2.24) is 0 Å². The lowest BCUT2D eigenvalue weighted by molar-refractivity contribution is -0.137. The Morgan fingerprint density at radius 3 is 1.62 bits per heavy atom. The van der Waals surface area contributed by atoms with Crippen LogP contribution in [0.2, 0.25) is 0 Å². The Hall–Kier alpha value is -1.69. The molecule has 2 aromatic carbocycles. The van der Waals surface area contributed by atoms with Gasteiger partial charge in [-0.15, -0.1) is 0 Å². The lowest BCUT2D eigenvalue weighted by atomic mass is 10.2. The minimum Gasteiger partial charge on any atom is -0.490 e. The quantitative estimate of drug-likeness (QED) is 0.704. The number of hydrogen-bond acceptors (Lipinski definition) is 2. The van der Waals surface area contributed by atoms with Gasteiger partial charge in [-0.25, -0.2) is 0 Å². The van der Waals surface area contributed by atoms with Crippen molar-refractivity contribution in [3.8, 4) is 11.5 Å². The Balaban J connectivity index is 1.77. The Labute approximate surface area is 128 Å². The third-order valence-corrected chi connectivity index (χ3v) is 3.14. The van der Waals surface area contributed by atoms with Gasteiger partial charge in [0.1, 0.15) is 24.7 Å². The molecular weight excluding hydrogens is 349 g/mol. The van der Waals surface area contributed by atoms with Crippen LogP contribution < -0.4 is 9.47 Å². The molecule has 0 aliphatic carbocycles. The van der Waals surface area contributed by atoms with Crippen molar-refractivity contribution in [2.45, 2.75) is 6.18 Å². The molecular formula is C15H12BrF3O2. The summed E-state index contributed by atoms with van der Waals surface area (Å²) in [6.45, 7) is 0.560. The molecule has 0 fully saturated rings. The minimum atomic E-state index is -4.33. The van der Waals surface area contributed by atoms with Crippen molar-refractivity contribution < 1.29 is 22.6 Å². The van der Waals surface area contributed by atoms with Gasteiger partial charge in [0, 0.05) is 4.47 Å². The molecule has 0 aromatic heterocycles. The van der Waals surface area contributed by atoms with E-state index in [4.69, 9.17) is 9.47 Å². The largest absolute Gasteiger partial charge is 0.490 e. The zero-order valence-corrected chi connectivity index (χ0v) is 12.4. The van der Waals surface area contributed by atoms with Gasteiger partial charge in [-0.3, -0.25) is 0 Å². The van der Waals surface area contributed by atoms with Crippen LogP contribution in [0.25, 0.3) is 0 Å². The summed E-state index contributed by atoms with van der Waals surface area (Å²) in [7, 11) is 0. The van der Waals surface area contributed by atoms with E-state index in [2.05, 4.69) is 15.9 Å². The summed E-state index contributed by atoms with van der Waals surface area (Å²) in [5.41, 5.74) is -0.694. The summed E-state index contributed by atoms with van der Waals surface area (Å²) < 4.78 is 48.8. The van der Waals surface area contributed by atoms with Crippen molar-refractivity contribution in [1.29, 1.82) is 0 Å². The molecule has 0 radical (unpaired) electrons. The first-order valence-electron chi connectivity index (χ1n) is 6.13. The van der Waals surface area contributed by atoms with E-state index in [1.165, 1.54) is 12.1 Å². The second-order valence-electron chi connectivity index (χ2n) is 4.17. The molecule has 2 rings (SSSR count). The van der Waals surface area contributed by atoms with Crippen LogP contribution in [0.1, 0.15) is 5.56 Å². The van der Waals surface area contributed by atoms with E-state index in [1.54, 1.807) is 0 Å². The van der Waals surface area contributed by atoms with Gasteiger partial charge in [0.2, 0.25) is 0 Å². The van der Waals surface area contributed by atoms with Crippen molar-refractivity contribution >= 4 is 15.9 Å². The molecule has 21 heavy (non-hydrogen) atoms. The molecule has 0 N–H and O–H groups in total. The SMILES string of the molecule is FC(F)(F)c1ccc(OCCOc2ccc(Br)cc2)cc1. The van der Waals surface area contributed by atoms with Gasteiger partial charge in [-0.2, -0.15) is 13.2 Å². The molecule has 6 heteroatoms. The third kappa shape index (κ3) is 4.97. The smallest absolute Gasteiger partial charge is 0.416 e. The molecule has 0 amide bonds. The average molecular weight is 361 g/mol. The van der Waals surface area contributed by atoms with Crippen LogP contribution in [-0.2, 0) is 6.18 Å². The highest BCUT2D eigenvalue weighted by Crippen LogP contribution is 2.30. The maximum Gasteiger partial charge on any atom is 0.416 e. The molecule has 0 bridgehead atoms. The standard InChI is InChI=1S/C15H12BrF3O2/c16-12-3-7-14(8-4-12)21-10-9-20-13-5-1-11(2-6-13)15(17,18)19/h1-8H,9-10H2. The van der Waals surface area contributed by atoms with Gasteiger partial charge in [0.15, 0.2) is 0 Å². The average Bonchev–Trinajstić information content (AvgIpc) is 2.45. The number of alkyl halides is 3. The van der Waals surface area contributed by atoms with E-state index in [-0.39, 0.29) is 6.61 Å². The molecule has 0 saturated heterocycles. The third-order valence-electron chi connectivity index (χ3n) is 2.62. The molecule has 2 aromatic rings. The fourth-order valence-electron chi connectivity index (χ4n) is 1.59. The summed E-state index contributed by atoms with van der Waals surface area (Å²) in [6, 6.07) is 11.9. The first-order chi connectivity index (χ1) is 9.95. The van der Waals surface area contributed by atoms with Crippen LogP contribution >= 0.6 is 15.9 Å². The summed E-state index contributed by atoms with van der Waals surface area (Å²) in [5, 5.41) is 0. The lowest BCUT2D eigenvalue weighted by Crippen LogP contribution is -2.09. The maximum absolute atomic E-state index is 12.4. The van der Waals surface area contributed by atoms with Crippen LogP contribution in [-0.4, -0.2) is 13.2 Å². The van der Waals surface area contributed by atoms with Gasteiger partial charge in [0.25, 0.3) is 0 Å². The molecule has 0 saturated carbocycles. The van der Waals surface area contributed by atoms with Crippen LogP contribution in [0, 0.1) is 0 Å². The Kier molecular flexibility index (Phi) is 5.12. The van der Waals surface area contributed by atoms with Gasteiger partial charge in [0.05, 0.1) is 5.56 Å². The Bertz CT molecular complexity index is 565.